The van der Waals surface area contributed by atoms with E-state index in [-0.39, 0.29) is 5.92 Å². The number of carbonyl (C=O) groups is 3. The van der Waals surface area contributed by atoms with E-state index in [9.17, 15) is 14.4 Å². The first-order valence-corrected chi connectivity index (χ1v) is 5.10. The normalized spacial score (nSPS) is 17.1. The Labute approximate surface area is 94.1 Å². The molecule has 1 aliphatic heterocycles. The number of rotatable bonds is 4. The lowest BCUT2D eigenvalue weighted by Gasteiger charge is -2.25. The van der Waals surface area contributed by atoms with Gasteiger partial charge in [0, 0.05) is 12.2 Å². The fraction of sp³-hybridized carbons (Fsp3) is 0.545. The van der Waals surface area contributed by atoms with Crippen molar-refractivity contribution in [2.75, 3.05) is 7.11 Å². The maximum Gasteiger partial charge on any atom is 0.329 e. The molecule has 1 atom stereocenters. The fourth-order valence-corrected chi connectivity index (χ4v) is 1.61. The van der Waals surface area contributed by atoms with Gasteiger partial charge in [0.1, 0.15) is 6.04 Å². The SMILES string of the molecule is COC(=O)[C@H](CC(C)C)N1C(=O)C=CC1=O. The molecule has 0 aliphatic carbocycles. The van der Waals surface area contributed by atoms with Crippen molar-refractivity contribution in [3.8, 4) is 0 Å². The molecule has 1 aliphatic rings. The Morgan fingerprint density at radius 1 is 1.31 bits per heavy atom. The predicted octanol–water partition coefficient (Wildman–Crippen LogP) is 0.499. The van der Waals surface area contributed by atoms with Crippen molar-refractivity contribution in [2.24, 2.45) is 5.92 Å². The van der Waals surface area contributed by atoms with Crippen molar-refractivity contribution < 1.29 is 19.1 Å². The van der Waals surface area contributed by atoms with Crippen LogP contribution in [0.1, 0.15) is 20.3 Å². The highest BCUT2D eigenvalue weighted by atomic mass is 16.5. The number of hydrogen-bond donors (Lipinski definition) is 0. The molecule has 0 aromatic carbocycles. The highest BCUT2D eigenvalue weighted by molar-refractivity contribution is 6.14. The van der Waals surface area contributed by atoms with E-state index in [4.69, 9.17) is 0 Å². The van der Waals surface area contributed by atoms with Gasteiger partial charge in [0.25, 0.3) is 11.8 Å². The van der Waals surface area contributed by atoms with Gasteiger partial charge in [0.05, 0.1) is 7.11 Å². The molecule has 2 amide bonds. The monoisotopic (exact) mass is 225 g/mol. The highest BCUT2D eigenvalue weighted by Gasteiger charge is 2.36. The molecule has 0 aromatic rings. The van der Waals surface area contributed by atoms with Gasteiger partial charge >= 0.3 is 5.97 Å². The maximum absolute atomic E-state index is 11.5. The van der Waals surface area contributed by atoms with E-state index in [1.165, 1.54) is 19.3 Å². The Morgan fingerprint density at radius 3 is 2.19 bits per heavy atom. The second-order valence-electron chi connectivity index (χ2n) is 4.05. The minimum Gasteiger partial charge on any atom is -0.467 e. The number of imide groups is 1. The number of esters is 1. The molecule has 0 N–H and O–H groups in total. The molecule has 0 bridgehead atoms. The Kier molecular flexibility index (Phi) is 3.82. The summed E-state index contributed by atoms with van der Waals surface area (Å²) in [6, 6.07) is -0.819. The average Bonchev–Trinajstić information content (AvgIpc) is 2.54. The number of hydrogen-bond acceptors (Lipinski definition) is 4. The molecule has 0 radical (unpaired) electrons. The first-order valence-electron chi connectivity index (χ1n) is 5.10. The molecular formula is C11H15NO4. The zero-order chi connectivity index (χ0) is 12.3. The number of ether oxygens (including phenoxy) is 1. The third-order valence-electron chi connectivity index (χ3n) is 2.32. The Balaban J connectivity index is 2.88. The van der Waals surface area contributed by atoms with Crippen molar-refractivity contribution in [2.45, 2.75) is 26.3 Å². The van der Waals surface area contributed by atoms with Crippen LogP contribution in [0.2, 0.25) is 0 Å². The molecule has 5 nitrogen and oxygen atoms in total. The quantitative estimate of drug-likeness (QED) is 0.516. The van der Waals surface area contributed by atoms with Crippen LogP contribution in [0.3, 0.4) is 0 Å². The van der Waals surface area contributed by atoms with Crippen LogP contribution in [0.15, 0.2) is 12.2 Å². The van der Waals surface area contributed by atoms with Gasteiger partial charge in [0.2, 0.25) is 0 Å². The van der Waals surface area contributed by atoms with E-state index in [0.29, 0.717) is 6.42 Å². The molecule has 0 saturated carbocycles. The smallest absolute Gasteiger partial charge is 0.329 e. The van der Waals surface area contributed by atoms with E-state index in [0.717, 1.165) is 4.90 Å². The van der Waals surface area contributed by atoms with Gasteiger partial charge in [-0.1, -0.05) is 13.8 Å². The molecule has 0 spiro atoms. The summed E-state index contributed by atoms with van der Waals surface area (Å²) < 4.78 is 4.61. The summed E-state index contributed by atoms with van der Waals surface area (Å²) in [6.45, 7) is 3.82. The van der Waals surface area contributed by atoms with E-state index in [2.05, 4.69) is 4.74 Å². The second-order valence-corrected chi connectivity index (χ2v) is 4.05. The van der Waals surface area contributed by atoms with Gasteiger partial charge in [-0.15, -0.1) is 0 Å². The second kappa shape index (κ2) is 4.92. The minimum atomic E-state index is -0.819. The van der Waals surface area contributed by atoms with Gasteiger partial charge < -0.3 is 4.74 Å². The van der Waals surface area contributed by atoms with Gasteiger partial charge in [-0.3, -0.25) is 14.5 Å². The molecular weight excluding hydrogens is 210 g/mol. The van der Waals surface area contributed by atoms with Crippen molar-refractivity contribution in [3.05, 3.63) is 12.2 Å². The van der Waals surface area contributed by atoms with Gasteiger partial charge in [-0.2, -0.15) is 0 Å². The van der Waals surface area contributed by atoms with Crippen LogP contribution in [-0.2, 0) is 19.1 Å². The van der Waals surface area contributed by atoms with Crippen LogP contribution in [0.5, 0.6) is 0 Å². The van der Waals surface area contributed by atoms with Crippen molar-refractivity contribution >= 4 is 17.8 Å². The van der Waals surface area contributed by atoms with Crippen LogP contribution in [0.25, 0.3) is 0 Å². The third kappa shape index (κ3) is 2.48. The maximum atomic E-state index is 11.5. The average molecular weight is 225 g/mol. The van der Waals surface area contributed by atoms with Crippen LogP contribution < -0.4 is 0 Å². The van der Waals surface area contributed by atoms with E-state index < -0.39 is 23.8 Å². The lowest BCUT2D eigenvalue weighted by molar-refractivity contribution is -0.156. The topological polar surface area (TPSA) is 63.7 Å². The summed E-state index contributed by atoms with van der Waals surface area (Å²) >= 11 is 0. The lowest BCUT2D eigenvalue weighted by atomic mass is 10.0. The largest absolute Gasteiger partial charge is 0.467 e. The summed E-state index contributed by atoms with van der Waals surface area (Å²) in [5.41, 5.74) is 0. The molecule has 88 valence electrons. The number of carbonyl (C=O) groups excluding carboxylic acids is 3. The highest BCUT2D eigenvalue weighted by Crippen LogP contribution is 2.17. The molecule has 0 unspecified atom stereocenters. The Morgan fingerprint density at radius 2 is 1.81 bits per heavy atom. The van der Waals surface area contributed by atoms with Crippen LogP contribution >= 0.6 is 0 Å². The van der Waals surface area contributed by atoms with E-state index in [1.807, 2.05) is 13.8 Å². The first kappa shape index (κ1) is 12.4. The molecule has 1 heterocycles. The minimum absolute atomic E-state index is 0.185. The van der Waals surface area contributed by atoms with E-state index in [1.54, 1.807) is 0 Å². The molecule has 1 rings (SSSR count). The van der Waals surface area contributed by atoms with Crippen molar-refractivity contribution in [1.29, 1.82) is 0 Å². The lowest BCUT2D eigenvalue weighted by Crippen LogP contribution is -2.46. The molecule has 5 heteroatoms. The molecule has 0 fully saturated rings. The summed E-state index contributed by atoms with van der Waals surface area (Å²) in [5.74, 6) is -1.29. The van der Waals surface area contributed by atoms with Crippen LogP contribution in [0.4, 0.5) is 0 Å². The van der Waals surface area contributed by atoms with Crippen LogP contribution in [-0.4, -0.2) is 35.8 Å². The standard InChI is InChI=1S/C11H15NO4/c1-7(2)6-8(11(15)16-3)12-9(13)4-5-10(12)14/h4-5,7-8H,6H2,1-3H3/t8-/m0/s1. The van der Waals surface area contributed by atoms with E-state index >= 15 is 0 Å². The number of methoxy groups -OCH3 is 1. The predicted molar refractivity (Wildman–Crippen MR) is 56.3 cm³/mol. The third-order valence-corrected chi connectivity index (χ3v) is 2.32. The van der Waals surface area contributed by atoms with Crippen molar-refractivity contribution in [3.63, 3.8) is 0 Å². The Bertz CT molecular complexity index is 328. The zero-order valence-corrected chi connectivity index (χ0v) is 9.60. The summed E-state index contributed by atoms with van der Waals surface area (Å²) in [6.07, 6.45) is 2.74. The summed E-state index contributed by atoms with van der Waals surface area (Å²) in [7, 11) is 1.24. The molecule has 0 aromatic heterocycles. The molecule has 16 heavy (non-hydrogen) atoms. The zero-order valence-electron chi connectivity index (χ0n) is 9.60. The molecule has 0 saturated heterocycles. The van der Waals surface area contributed by atoms with Gasteiger partial charge in [0.15, 0.2) is 0 Å². The number of amides is 2. The van der Waals surface area contributed by atoms with Crippen LogP contribution in [0, 0.1) is 5.92 Å². The number of nitrogens with zero attached hydrogens (tertiary/aromatic N) is 1. The summed E-state index contributed by atoms with van der Waals surface area (Å²) in [4.78, 5) is 35.4. The van der Waals surface area contributed by atoms with Crippen molar-refractivity contribution in [1.82, 2.24) is 4.90 Å². The van der Waals surface area contributed by atoms with Gasteiger partial charge in [-0.25, -0.2) is 4.79 Å². The summed E-state index contributed by atoms with van der Waals surface area (Å²) in [5, 5.41) is 0. The van der Waals surface area contributed by atoms with Gasteiger partial charge in [-0.05, 0) is 12.3 Å². The Hall–Kier alpha value is -1.65. The fourth-order valence-electron chi connectivity index (χ4n) is 1.61. The first-order chi connectivity index (χ1) is 7.47.